The number of aliphatic hydroxyl groups is 1. The van der Waals surface area contributed by atoms with Crippen LogP contribution in [0.15, 0.2) is 29.0 Å². The van der Waals surface area contributed by atoms with E-state index >= 15 is 0 Å². The van der Waals surface area contributed by atoms with Crippen LogP contribution in [0, 0.1) is 13.8 Å². The number of hydrogen-bond donors (Lipinski definition) is 4. The molecule has 0 aromatic carbocycles. The summed E-state index contributed by atoms with van der Waals surface area (Å²) >= 11 is 0. The molecule has 7 heteroatoms. The maximum atomic E-state index is 12.4. The highest BCUT2D eigenvalue weighted by atomic mass is 16.3. The van der Waals surface area contributed by atoms with Crippen LogP contribution in [-0.2, 0) is 9.59 Å². The van der Waals surface area contributed by atoms with Crippen molar-refractivity contribution in [2.75, 3.05) is 19.6 Å². The molecule has 1 aromatic rings. The Morgan fingerprint density at radius 1 is 1.27 bits per heavy atom. The van der Waals surface area contributed by atoms with Crippen molar-refractivity contribution in [3.63, 3.8) is 0 Å². The largest absolute Gasteiger partial charge is 0.374 e. The number of aromatic amines is 1. The Hall–Kier alpha value is -2.64. The number of likely N-dealkylation sites (tertiary alicyclic amines) is 1. The lowest BCUT2D eigenvalue weighted by atomic mass is 9.98. The van der Waals surface area contributed by atoms with Crippen molar-refractivity contribution < 1.29 is 14.7 Å². The van der Waals surface area contributed by atoms with E-state index < -0.39 is 6.23 Å². The smallest absolute Gasteiger partial charge is 0.256 e. The Kier molecular flexibility index (Phi) is 5.92. The second-order valence-electron chi connectivity index (χ2n) is 8.22. The third-order valence-corrected chi connectivity index (χ3v) is 6.15. The van der Waals surface area contributed by atoms with Gasteiger partial charge in [-0.1, -0.05) is 12.2 Å². The van der Waals surface area contributed by atoms with Gasteiger partial charge in [-0.25, -0.2) is 0 Å². The van der Waals surface area contributed by atoms with Crippen LogP contribution in [0.2, 0.25) is 0 Å². The number of amides is 2. The van der Waals surface area contributed by atoms with E-state index in [0.717, 1.165) is 72.6 Å². The van der Waals surface area contributed by atoms with Crippen LogP contribution in [0.1, 0.15) is 60.8 Å². The van der Waals surface area contributed by atoms with Crippen LogP contribution in [0.4, 0.5) is 0 Å². The van der Waals surface area contributed by atoms with Crippen LogP contribution in [0.3, 0.4) is 0 Å². The molecule has 1 unspecified atom stereocenters. The highest BCUT2D eigenvalue weighted by Crippen LogP contribution is 2.32. The third-order valence-electron chi connectivity index (χ3n) is 6.15. The molecular weight excluding hydrogens is 380 g/mol. The number of nitrogens with one attached hydrogen (secondary N) is 3. The quantitative estimate of drug-likeness (QED) is 0.315. The number of aliphatic hydroxyl groups excluding tert-OH is 1. The maximum absolute atomic E-state index is 12.4. The van der Waals surface area contributed by atoms with Gasteiger partial charge in [0.25, 0.3) is 5.91 Å². The maximum Gasteiger partial charge on any atom is 0.256 e. The number of carbonyl (C=O) groups excluding carboxylic acids is 2. The molecule has 7 nitrogen and oxygen atoms in total. The zero-order valence-corrected chi connectivity index (χ0v) is 17.7. The van der Waals surface area contributed by atoms with E-state index in [2.05, 4.69) is 27.8 Å². The summed E-state index contributed by atoms with van der Waals surface area (Å²) in [5, 5.41) is 16.8. The van der Waals surface area contributed by atoms with Crippen LogP contribution in [-0.4, -0.2) is 46.4 Å². The summed E-state index contributed by atoms with van der Waals surface area (Å²) < 4.78 is 0. The molecule has 2 aliphatic heterocycles. The van der Waals surface area contributed by atoms with E-state index in [1.807, 2.05) is 24.8 Å². The molecule has 3 aliphatic rings. The molecule has 0 spiro atoms. The van der Waals surface area contributed by atoms with Crippen molar-refractivity contribution >= 4 is 17.9 Å². The first-order valence-electron chi connectivity index (χ1n) is 10.8. The second kappa shape index (κ2) is 8.62. The second-order valence-corrected chi connectivity index (χ2v) is 8.22. The normalized spacial score (nSPS) is 21.0. The highest BCUT2D eigenvalue weighted by molar-refractivity contribution is 6.08. The van der Waals surface area contributed by atoms with Gasteiger partial charge in [-0.3, -0.25) is 14.9 Å². The molecule has 4 N–H and O–H groups in total. The van der Waals surface area contributed by atoms with Gasteiger partial charge in [0.2, 0.25) is 5.91 Å². The minimum atomic E-state index is -0.801. The molecule has 2 amide bonds. The van der Waals surface area contributed by atoms with Crippen molar-refractivity contribution in [3.8, 4) is 0 Å². The van der Waals surface area contributed by atoms with Gasteiger partial charge in [0.05, 0.1) is 5.57 Å². The third kappa shape index (κ3) is 4.00. The van der Waals surface area contributed by atoms with E-state index in [-0.39, 0.29) is 11.8 Å². The predicted molar refractivity (Wildman–Crippen MR) is 115 cm³/mol. The topological polar surface area (TPSA) is 97.5 Å². The van der Waals surface area contributed by atoms with E-state index in [1.165, 1.54) is 0 Å². The molecule has 1 aromatic heterocycles. The number of rotatable bonds is 7. The molecule has 0 bridgehead atoms. The summed E-state index contributed by atoms with van der Waals surface area (Å²) in [7, 11) is 0. The number of fused-ring (bicyclic) bond motifs is 1. The van der Waals surface area contributed by atoms with E-state index in [4.69, 9.17) is 0 Å². The Labute approximate surface area is 176 Å². The molecule has 0 saturated carbocycles. The zero-order valence-electron chi connectivity index (χ0n) is 17.7. The molecular formula is C23H30N4O3. The van der Waals surface area contributed by atoms with Gasteiger partial charge >= 0.3 is 0 Å². The van der Waals surface area contributed by atoms with Crippen molar-refractivity contribution in [2.24, 2.45) is 0 Å². The molecule has 0 radical (unpaired) electrons. The fourth-order valence-corrected chi connectivity index (χ4v) is 4.54. The van der Waals surface area contributed by atoms with Gasteiger partial charge in [-0.05, 0) is 57.7 Å². The van der Waals surface area contributed by atoms with Gasteiger partial charge in [-0.15, -0.1) is 0 Å². The Morgan fingerprint density at radius 3 is 2.83 bits per heavy atom. The van der Waals surface area contributed by atoms with Gasteiger partial charge < -0.3 is 20.3 Å². The number of aromatic nitrogens is 1. The van der Waals surface area contributed by atoms with E-state index in [9.17, 15) is 14.7 Å². The average molecular weight is 411 g/mol. The number of nitrogens with zero attached hydrogens (tertiary/aromatic N) is 1. The molecule has 2 saturated heterocycles. The zero-order chi connectivity index (χ0) is 21.3. The Balaban J connectivity index is 1.43. The highest BCUT2D eigenvalue weighted by Gasteiger charge is 2.29. The lowest BCUT2D eigenvalue weighted by molar-refractivity contribution is -0.127. The summed E-state index contributed by atoms with van der Waals surface area (Å²) in [5.41, 5.74) is 5.98. The van der Waals surface area contributed by atoms with Crippen LogP contribution < -0.4 is 10.6 Å². The van der Waals surface area contributed by atoms with Gasteiger partial charge in [0.15, 0.2) is 0 Å². The van der Waals surface area contributed by atoms with E-state index in [0.29, 0.717) is 18.5 Å². The minimum Gasteiger partial charge on any atom is -0.374 e. The van der Waals surface area contributed by atoms with Gasteiger partial charge in [-0.2, -0.15) is 0 Å². The first-order valence-corrected chi connectivity index (χ1v) is 10.8. The van der Waals surface area contributed by atoms with Crippen LogP contribution in [0.25, 0.3) is 6.08 Å². The number of aryl methyl sites for hydroxylation is 1. The van der Waals surface area contributed by atoms with Gasteiger partial charge in [0, 0.05) is 47.7 Å². The minimum absolute atomic E-state index is 0.0854. The first kappa shape index (κ1) is 20.6. The van der Waals surface area contributed by atoms with Crippen molar-refractivity contribution in [2.45, 2.75) is 52.2 Å². The van der Waals surface area contributed by atoms with Crippen LogP contribution in [0.5, 0.6) is 0 Å². The molecule has 2 fully saturated rings. The van der Waals surface area contributed by atoms with Gasteiger partial charge in [0.1, 0.15) is 6.23 Å². The molecule has 30 heavy (non-hydrogen) atoms. The van der Waals surface area contributed by atoms with E-state index in [1.54, 1.807) is 0 Å². The number of hydrogen-bond acceptors (Lipinski definition) is 4. The van der Waals surface area contributed by atoms with Crippen molar-refractivity contribution in [1.29, 1.82) is 0 Å². The number of H-pyrrole nitrogens is 1. The lowest BCUT2D eigenvalue weighted by Gasteiger charge is -2.17. The Bertz CT molecular complexity index is 954. The first-order chi connectivity index (χ1) is 14.5. The summed E-state index contributed by atoms with van der Waals surface area (Å²) in [6.07, 6.45) is 9.53. The number of carbonyl (C=O) groups is 2. The molecule has 3 heterocycles. The monoisotopic (exact) mass is 410 g/mol. The summed E-state index contributed by atoms with van der Waals surface area (Å²) in [6.45, 7) is 6.07. The summed E-state index contributed by atoms with van der Waals surface area (Å²) in [5.74, 6) is 0.144. The predicted octanol–water partition coefficient (Wildman–Crippen LogP) is 2.34. The average Bonchev–Trinajstić information content (AvgIpc) is 3.35. The number of allylic oxidation sites excluding steroid dienone is 3. The molecule has 1 atom stereocenters. The SMILES string of the molecule is Cc1[nH]c(/C=C2\C(=O)NC3=CCCC=C32)c(C)c1C(O)NCCCN1CCCC1=O. The van der Waals surface area contributed by atoms with Crippen molar-refractivity contribution in [3.05, 3.63) is 51.5 Å². The summed E-state index contributed by atoms with van der Waals surface area (Å²) in [4.78, 5) is 29.3. The van der Waals surface area contributed by atoms with Crippen molar-refractivity contribution in [1.82, 2.24) is 20.5 Å². The molecule has 4 rings (SSSR count). The lowest BCUT2D eigenvalue weighted by Crippen LogP contribution is -2.30. The van der Waals surface area contributed by atoms with Crippen LogP contribution >= 0.6 is 0 Å². The fraction of sp³-hybridized carbons (Fsp3) is 0.478. The summed E-state index contributed by atoms with van der Waals surface area (Å²) in [6, 6.07) is 0. The molecule has 1 aliphatic carbocycles. The Morgan fingerprint density at radius 2 is 2.07 bits per heavy atom. The fourth-order valence-electron chi connectivity index (χ4n) is 4.54. The standard InChI is InChI=1S/C23H30N4O3/c1-14-19(13-17-16-7-3-4-8-18(16)26-22(17)29)25-15(2)21(14)23(30)24-10-6-12-27-11-5-9-20(27)28/h7-8,13,23-25,30H,3-6,9-12H2,1-2H3,(H,26,29)/b17-13-. The molecule has 160 valence electrons.